The van der Waals surface area contributed by atoms with Crippen LogP contribution in [0.25, 0.3) is 50.0 Å². The molecule has 63 heavy (non-hydrogen) atoms. The van der Waals surface area contributed by atoms with Gasteiger partial charge in [0.05, 0.1) is 44.6 Å². The van der Waals surface area contributed by atoms with E-state index in [1.165, 1.54) is 16.7 Å². The molecule has 0 radical (unpaired) electrons. The summed E-state index contributed by atoms with van der Waals surface area (Å²) < 4.78 is 10.9. The molecule has 1 aliphatic heterocycles. The molecule has 0 atom stereocenters. The summed E-state index contributed by atoms with van der Waals surface area (Å²) in [5.41, 5.74) is 12.7. The summed E-state index contributed by atoms with van der Waals surface area (Å²) in [5, 5.41) is 2.14. The van der Waals surface area contributed by atoms with Crippen molar-refractivity contribution in [2.45, 2.75) is 5.41 Å². The Labute approximate surface area is 379 Å². The van der Waals surface area contributed by atoms with Gasteiger partial charge in [-0.05, 0) is 53.1 Å². The molecule has 0 fully saturated rings. The molecule has 3 aromatic heterocycles. The monoisotopic (exact) mass is 901 g/mol. The molecule has 8 aromatic carbocycles. The molecule has 0 spiro atoms. The van der Waals surface area contributed by atoms with E-state index in [1.807, 2.05) is 55.6 Å². The molecule has 1 aliphatic rings. The van der Waals surface area contributed by atoms with Crippen LogP contribution in [0.3, 0.4) is 0 Å². The third-order valence-corrected chi connectivity index (χ3v) is 12.3. The molecular weight excluding hydrogens is 865 g/mol. The van der Waals surface area contributed by atoms with Gasteiger partial charge in [-0.3, -0.25) is 4.98 Å². The van der Waals surface area contributed by atoms with Crippen LogP contribution in [0.4, 0.5) is 17.1 Å². The van der Waals surface area contributed by atoms with Crippen LogP contribution >= 0.6 is 0 Å². The number of pyridine rings is 1. The van der Waals surface area contributed by atoms with E-state index in [0.717, 1.165) is 72.7 Å². The molecule has 0 saturated carbocycles. The van der Waals surface area contributed by atoms with Gasteiger partial charge in [-0.2, -0.15) is 6.07 Å². The van der Waals surface area contributed by atoms with Crippen molar-refractivity contribution in [2.75, 3.05) is 4.90 Å². The van der Waals surface area contributed by atoms with Crippen LogP contribution in [0.2, 0.25) is 0 Å². The fourth-order valence-corrected chi connectivity index (χ4v) is 9.68. The fourth-order valence-electron chi connectivity index (χ4n) is 9.68. The average Bonchev–Trinajstić information content (AvgIpc) is 3.86. The van der Waals surface area contributed by atoms with Gasteiger partial charge in [-0.15, -0.1) is 42.0 Å². The fraction of sp³-hybridized carbons (Fsp3) is 0.0357. The van der Waals surface area contributed by atoms with Crippen molar-refractivity contribution in [1.82, 2.24) is 19.1 Å². The molecule has 6 nitrogen and oxygen atoms in total. The zero-order chi connectivity index (χ0) is 41.2. The Morgan fingerprint density at radius 3 is 1.92 bits per heavy atom. The molecule has 12 rings (SSSR count). The van der Waals surface area contributed by atoms with Gasteiger partial charge in [0.15, 0.2) is 0 Å². The van der Waals surface area contributed by atoms with Crippen molar-refractivity contribution in [3.05, 3.63) is 241 Å². The van der Waals surface area contributed by atoms with Crippen LogP contribution in [0.5, 0.6) is 11.5 Å². The first-order valence-corrected chi connectivity index (χ1v) is 20.8. The van der Waals surface area contributed by atoms with Gasteiger partial charge in [-0.1, -0.05) is 139 Å². The van der Waals surface area contributed by atoms with Crippen LogP contribution in [0.15, 0.2) is 206 Å². The largest absolute Gasteiger partial charge is 2.00 e. The van der Waals surface area contributed by atoms with E-state index in [9.17, 15) is 0 Å². The van der Waals surface area contributed by atoms with Crippen molar-refractivity contribution in [3.63, 3.8) is 0 Å². The number of rotatable bonds is 7. The summed E-state index contributed by atoms with van der Waals surface area (Å²) in [7, 11) is 2.03. The first-order chi connectivity index (χ1) is 30.7. The predicted molar refractivity (Wildman–Crippen MR) is 249 cm³/mol. The third-order valence-electron chi connectivity index (χ3n) is 12.3. The van der Waals surface area contributed by atoms with Crippen molar-refractivity contribution < 1.29 is 25.2 Å². The number of aryl methyl sites for hydroxylation is 1. The molecule has 7 heteroatoms. The van der Waals surface area contributed by atoms with Crippen LogP contribution in [-0.2, 0) is 32.9 Å². The summed E-state index contributed by atoms with van der Waals surface area (Å²) in [4.78, 5) is 12.8. The minimum Gasteiger partial charge on any atom is -0.503 e. The quantitative estimate of drug-likeness (QED) is 0.118. The minimum atomic E-state index is -0.684. The van der Waals surface area contributed by atoms with Crippen LogP contribution in [0.1, 0.15) is 22.3 Å². The number of anilines is 3. The maximum Gasteiger partial charge on any atom is 2.00 e. The molecule has 0 saturated heterocycles. The van der Waals surface area contributed by atoms with Crippen molar-refractivity contribution in [3.8, 4) is 28.6 Å². The summed E-state index contributed by atoms with van der Waals surface area (Å²) in [6.07, 6.45) is 2.11. The maximum absolute atomic E-state index is 6.56. The second-order valence-corrected chi connectivity index (χ2v) is 15.7. The van der Waals surface area contributed by atoms with Crippen LogP contribution in [0, 0.1) is 12.1 Å². The van der Waals surface area contributed by atoms with Crippen LogP contribution < -0.4 is 9.64 Å². The van der Waals surface area contributed by atoms with Crippen molar-refractivity contribution >= 4 is 50.0 Å². The van der Waals surface area contributed by atoms with E-state index in [0.29, 0.717) is 11.5 Å². The summed E-state index contributed by atoms with van der Waals surface area (Å²) in [6, 6.07) is 77.1. The summed E-state index contributed by atoms with van der Waals surface area (Å²) in [5.74, 6) is 1.97. The summed E-state index contributed by atoms with van der Waals surface area (Å²) in [6.45, 7) is 0. The molecule has 0 amide bonds. The number of nitrogens with zero attached hydrogens (tertiary/aromatic N) is 5. The van der Waals surface area contributed by atoms with Gasteiger partial charge in [0, 0.05) is 41.4 Å². The Morgan fingerprint density at radius 1 is 0.556 bits per heavy atom. The first-order valence-electron chi connectivity index (χ1n) is 20.8. The molecule has 11 aromatic rings. The van der Waals surface area contributed by atoms with E-state index < -0.39 is 5.41 Å². The number of hydrogen-bond donors (Lipinski definition) is 0. The smallest absolute Gasteiger partial charge is 0.503 e. The van der Waals surface area contributed by atoms with Gasteiger partial charge < -0.3 is 18.8 Å². The van der Waals surface area contributed by atoms with E-state index >= 15 is 0 Å². The summed E-state index contributed by atoms with van der Waals surface area (Å²) >= 11 is 0. The third kappa shape index (κ3) is 5.96. The second kappa shape index (κ2) is 15.4. The van der Waals surface area contributed by atoms with Gasteiger partial charge >= 0.3 is 20.4 Å². The van der Waals surface area contributed by atoms with E-state index in [-0.39, 0.29) is 20.4 Å². The van der Waals surface area contributed by atoms with Gasteiger partial charge in [0.25, 0.3) is 0 Å². The average molecular weight is 902 g/mol. The Balaban J connectivity index is 0.00000444. The molecular formula is C56H37N5OPd. The van der Waals surface area contributed by atoms with Gasteiger partial charge in [0.2, 0.25) is 0 Å². The van der Waals surface area contributed by atoms with Gasteiger partial charge in [0.1, 0.15) is 5.65 Å². The zero-order valence-electron chi connectivity index (χ0n) is 34.1. The molecule has 0 unspecified atom stereocenters. The van der Waals surface area contributed by atoms with Crippen molar-refractivity contribution in [2.24, 2.45) is 7.05 Å². The Kier molecular flexibility index (Phi) is 9.39. The van der Waals surface area contributed by atoms with Crippen molar-refractivity contribution in [1.29, 1.82) is 0 Å². The first kappa shape index (κ1) is 38.4. The van der Waals surface area contributed by atoms with E-state index in [2.05, 4.69) is 184 Å². The van der Waals surface area contributed by atoms with Gasteiger partial charge in [-0.25, -0.2) is 4.98 Å². The van der Waals surface area contributed by atoms with E-state index in [4.69, 9.17) is 14.7 Å². The predicted octanol–water partition coefficient (Wildman–Crippen LogP) is 13.3. The number of fused-ring (bicyclic) bond motifs is 7. The normalized spacial score (nSPS) is 12.8. The molecule has 4 heterocycles. The second-order valence-electron chi connectivity index (χ2n) is 15.7. The molecule has 0 bridgehead atoms. The number of ether oxygens (including phenoxy) is 1. The number of imidazole rings is 1. The molecule has 302 valence electrons. The Hall–Kier alpha value is -7.56. The maximum atomic E-state index is 6.56. The number of benzene rings is 8. The minimum absolute atomic E-state index is 0. The number of hydrogen-bond acceptors (Lipinski definition) is 4. The molecule has 0 N–H and O–H groups in total. The standard InChI is InChI=1S/C56H37N5O.Pd/c1-59-51-34-16-13-31-48(51)58-54(59)38-19-17-27-43(35-38)62-44-28-18-26-42(36-44)61-49-32-14-11-29-45(49)52-53-47(37-57-55(52)61)56(39-20-5-2-6-21-39,40-22-7-3-8-23-40)46-30-12-15-33-50(46)60(53)41-24-9-4-10-25-41;/h2-34,37H,1H3;/q-2;+2. The van der Waals surface area contributed by atoms with E-state index in [1.54, 1.807) is 0 Å². The van der Waals surface area contributed by atoms with Crippen LogP contribution in [-0.4, -0.2) is 19.1 Å². The topological polar surface area (TPSA) is 48.1 Å². The zero-order valence-corrected chi connectivity index (χ0v) is 35.6. The Bertz CT molecular complexity index is 3430. The number of aromatic nitrogens is 4. The molecule has 0 aliphatic carbocycles. The number of para-hydroxylation sites is 5. The SMILES string of the molecule is Cn1c(-c2[c-]c(Oc3[c-]c(-n4c5ccccc5c5c6c(cnc54)C(c4ccccc4)(c4ccccc4)c4ccccc4N6c4ccccc4)ccc3)ccc2)nc2ccccc21.[Pd+2]. The Morgan fingerprint density at radius 2 is 1.17 bits per heavy atom.